The molecule has 3 heteroatoms. The second kappa shape index (κ2) is 7.48. The van der Waals surface area contributed by atoms with Gasteiger partial charge in [0.25, 0.3) is 0 Å². The summed E-state index contributed by atoms with van der Waals surface area (Å²) in [5.74, 6) is 0.134. The maximum atomic E-state index is 11.6. The van der Waals surface area contributed by atoms with Crippen molar-refractivity contribution in [2.45, 2.75) is 63.8 Å². The van der Waals surface area contributed by atoms with Crippen molar-refractivity contribution in [2.75, 3.05) is 19.6 Å². The van der Waals surface area contributed by atoms with Crippen LogP contribution in [0.1, 0.15) is 56.6 Å². The van der Waals surface area contributed by atoms with E-state index in [-0.39, 0.29) is 11.4 Å². The van der Waals surface area contributed by atoms with E-state index in [0.29, 0.717) is 0 Å². The molecule has 3 rings (SSSR count). The largest absolute Gasteiger partial charge is 0.351 e. The van der Waals surface area contributed by atoms with Gasteiger partial charge in [-0.25, -0.2) is 0 Å². The Labute approximate surface area is 140 Å². The lowest BCUT2D eigenvalue weighted by molar-refractivity contribution is -0.121. The Morgan fingerprint density at radius 2 is 1.70 bits per heavy atom. The van der Waals surface area contributed by atoms with Gasteiger partial charge in [-0.15, -0.1) is 0 Å². The van der Waals surface area contributed by atoms with Crippen LogP contribution in [-0.4, -0.2) is 36.0 Å². The molecule has 1 heterocycles. The first-order valence-electron chi connectivity index (χ1n) is 9.25. The van der Waals surface area contributed by atoms with Crippen LogP contribution in [0.5, 0.6) is 0 Å². The summed E-state index contributed by atoms with van der Waals surface area (Å²) >= 11 is 0. The number of rotatable bonds is 4. The van der Waals surface area contributed by atoms with E-state index in [4.69, 9.17) is 0 Å². The molecule has 0 atom stereocenters. The van der Waals surface area contributed by atoms with Crippen LogP contribution in [0.25, 0.3) is 0 Å². The summed E-state index contributed by atoms with van der Waals surface area (Å²) in [6, 6.07) is 8.86. The zero-order valence-corrected chi connectivity index (χ0v) is 14.4. The lowest BCUT2D eigenvalue weighted by Crippen LogP contribution is -2.51. The van der Waals surface area contributed by atoms with Gasteiger partial charge in [-0.05, 0) is 43.2 Å². The van der Waals surface area contributed by atoms with Crippen molar-refractivity contribution in [1.82, 2.24) is 10.2 Å². The Hall–Kier alpha value is -1.35. The normalized spacial score (nSPS) is 21.3. The molecular weight excluding hydrogens is 284 g/mol. The average molecular weight is 314 g/mol. The molecule has 1 fully saturated rings. The lowest BCUT2D eigenvalue weighted by Gasteiger charge is -2.39. The summed E-state index contributed by atoms with van der Waals surface area (Å²) < 4.78 is 0. The van der Waals surface area contributed by atoms with Gasteiger partial charge in [0.2, 0.25) is 5.91 Å². The van der Waals surface area contributed by atoms with Crippen LogP contribution >= 0.6 is 0 Å². The van der Waals surface area contributed by atoms with Gasteiger partial charge in [-0.3, -0.25) is 4.79 Å². The Kier molecular flexibility index (Phi) is 5.37. The van der Waals surface area contributed by atoms with Gasteiger partial charge < -0.3 is 10.2 Å². The molecule has 1 aromatic rings. The Morgan fingerprint density at radius 1 is 1.09 bits per heavy atom. The molecule has 1 aliphatic heterocycles. The number of carbonyl (C=O) groups excluding carboxylic acids is 1. The van der Waals surface area contributed by atoms with Crippen molar-refractivity contribution >= 4 is 5.91 Å². The quantitative estimate of drug-likeness (QED) is 0.924. The van der Waals surface area contributed by atoms with Crippen LogP contribution in [0.15, 0.2) is 24.3 Å². The van der Waals surface area contributed by atoms with E-state index in [1.807, 2.05) is 0 Å². The predicted octanol–water partition coefficient (Wildman–Crippen LogP) is 3.32. The van der Waals surface area contributed by atoms with Crippen LogP contribution in [0.2, 0.25) is 0 Å². The molecule has 0 unspecified atom stereocenters. The minimum absolute atomic E-state index is 0.0588. The van der Waals surface area contributed by atoms with Crippen molar-refractivity contribution in [1.29, 1.82) is 0 Å². The molecule has 0 bridgehead atoms. The number of carbonyl (C=O) groups is 1. The molecule has 0 saturated heterocycles. The summed E-state index contributed by atoms with van der Waals surface area (Å²) in [6.07, 6.45) is 9.55. The van der Waals surface area contributed by atoms with Crippen LogP contribution in [0, 0.1) is 0 Å². The van der Waals surface area contributed by atoms with Gasteiger partial charge in [0.1, 0.15) is 0 Å². The Bertz CT molecular complexity index is 507. The molecule has 1 saturated carbocycles. The van der Waals surface area contributed by atoms with Crippen LogP contribution in [0.3, 0.4) is 0 Å². The first-order chi connectivity index (χ1) is 11.2. The Balaban J connectivity index is 1.57. The first-order valence-corrected chi connectivity index (χ1v) is 9.25. The van der Waals surface area contributed by atoms with Gasteiger partial charge in [-0.1, -0.05) is 43.5 Å². The summed E-state index contributed by atoms with van der Waals surface area (Å²) in [4.78, 5) is 14.2. The van der Waals surface area contributed by atoms with Gasteiger partial charge >= 0.3 is 0 Å². The lowest BCUT2D eigenvalue weighted by atomic mass is 9.79. The van der Waals surface area contributed by atoms with Crippen molar-refractivity contribution in [3.63, 3.8) is 0 Å². The molecule has 1 amide bonds. The number of nitrogens with zero attached hydrogens (tertiary/aromatic N) is 1. The van der Waals surface area contributed by atoms with E-state index in [1.165, 1.54) is 30.4 Å². The van der Waals surface area contributed by atoms with Crippen molar-refractivity contribution < 1.29 is 4.79 Å². The maximum Gasteiger partial charge on any atom is 0.217 e. The predicted molar refractivity (Wildman–Crippen MR) is 94.5 cm³/mol. The number of fused-ring (bicyclic) bond motifs is 1. The fraction of sp³-hybridized carbons (Fsp3) is 0.650. The topological polar surface area (TPSA) is 32.3 Å². The van der Waals surface area contributed by atoms with Gasteiger partial charge in [-0.2, -0.15) is 0 Å². The molecule has 2 aliphatic rings. The molecule has 0 spiro atoms. The highest BCUT2D eigenvalue weighted by Gasteiger charge is 2.33. The van der Waals surface area contributed by atoms with Gasteiger partial charge in [0.15, 0.2) is 0 Å². The third-order valence-electron chi connectivity index (χ3n) is 5.67. The van der Waals surface area contributed by atoms with E-state index in [1.54, 1.807) is 6.92 Å². The number of benzene rings is 1. The van der Waals surface area contributed by atoms with E-state index in [2.05, 4.69) is 34.5 Å². The number of nitrogens with one attached hydrogen (secondary N) is 1. The zero-order chi connectivity index (χ0) is 16.1. The van der Waals surface area contributed by atoms with Crippen molar-refractivity contribution in [3.05, 3.63) is 35.4 Å². The minimum Gasteiger partial charge on any atom is -0.351 e. The summed E-state index contributed by atoms with van der Waals surface area (Å²) in [7, 11) is 0. The molecule has 1 N–H and O–H groups in total. The van der Waals surface area contributed by atoms with Crippen molar-refractivity contribution in [2.24, 2.45) is 0 Å². The third kappa shape index (κ3) is 4.35. The molecular formula is C20H30N2O. The smallest absolute Gasteiger partial charge is 0.217 e. The van der Waals surface area contributed by atoms with Crippen LogP contribution in [-0.2, 0) is 17.6 Å². The highest BCUT2D eigenvalue weighted by atomic mass is 16.1. The second-order valence-corrected chi connectivity index (χ2v) is 7.38. The highest BCUT2D eigenvalue weighted by molar-refractivity contribution is 5.73. The molecule has 126 valence electrons. The highest BCUT2D eigenvalue weighted by Crippen LogP contribution is 2.31. The molecule has 23 heavy (non-hydrogen) atoms. The second-order valence-electron chi connectivity index (χ2n) is 7.38. The summed E-state index contributed by atoms with van der Waals surface area (Å²) in [6.45, 7) is 5.06. The molecule has 1 aliphatic carbocycles. The summed E-state index contributed by atoms with van der Waals surface area (Å²) in [5.41, 5.74) is 3.09. The monoisotopic (exact) mass is 314 g/mol. The molecule has 0 aromatic heterocycles. The maximum absolute atomic E-state index is 11.6. The average Bonchev–Trinajstić information content (AvgIpc) is 2.76. The van der Waals surface area contributed by atoms with E-state index >= 15 is 0 Å². The minimum atomic E-state index is 0.0588. The van der Waals surface area contributed by atoms with Crippen LogP contribution in [0.4, 0.5) is 0 Å². The third-order valence-corrected chi connectivity index (χ3v) is 5.67. The van der Waals surface area contributed by atoms with Crippen LogP contribution < -0.4 is 5.32 Å². The Morgan fingerprint density at radius 3 is 2.26 bits per heavy atom. The van der Waals surface area contributed by atoms with Gasteiger partial charge in [0, 0.05) is 32.1 Å². The zero-order valence-electron chi connectivity index (χ0n) is 14.4. The van der Waals surface area contributed by atoms with Crippen molar-refractivity contribution in [3.8, 4) is 0 Å². The molecule has 1 aromatic carbocycles. The molecule has 3 nitrogen and oxygen atoms in total. The standard InChI is InChI=1S/C20H30N2O/c1-17(23)21-20(11-5-2-6-12-20)13-16-22-14-9-18-7-3-4-8-19(18)10-15-22/h3-4,7-8H,2,5-6,9-16H2,1H3,(H,21,23). The fourth-order valence-electron chi connectivity index (χ4n) is 4.35. The summed E-state index contributed by atoms with van der Waals surface area (Å²) in [5, 5.41) is 3.30. The van der Waals surface area contributed by atoms with E-state index < -0.39 is 0 Å². The van der Waals surface area contributed by atoms with Gasteiger partial charge in [0.05, 0.1) is 0 Å². The SMILES string of the molecule is CC(=O)NC1(CCN2CCc3ccccc3CC2)CCCCC1. The van der Waals surface area contributed by atoms with E-state index in [9.17, 15) is 4.79 Å². The number of hydrogen-bond donors (Lipinski definition) is 1. The van der Waals surface area contributed by atoms with E-state index in [0.717, 1.165) is 51.7 Å². The molecule has 0 radical (unpaired) electrons. The first kappa shape index (κ1) is 16.5. The number of hydrogen-bond acceptors (Lipinski definition) is 2. The fourth-order valence-corrected chi connectivity index (χ4v) is 4.35. The number of amides is 1.